The molecular formula is C18H27N3O5. The number of hydrogen-bond acceptors (Lipinski definition) is 6. The van der Waals surface area contributed by atoms with Crippen LogP contribution in [0.4, 0.5) is 0 Å². The fourth-order valence-corrected chi connectivity index (χ4v) is 2.82. The topological polar surface area (TPSA) is 112 Å². The first-order valence-corrected chi connectivity index (χ1v) is 8.92. The van der Waals surface area contributed by atoms with Gasteiger partial charge >= 0.3 is 0 Å². The number of nitrogens with zero attached hydrogens (tertiary/aromatic N) is 2. The van der Waals surface area contributed by atoms with E-state index in [0.717, 1.165) is 0 Å². The van der Waals surface area contributed by atoms with Crippen molar-refractivity contribution < 1.29 is 24.5 Å². The third-order valence-electron chi connectivity index (χ3n) is 4.65. The Morgan fingerprint density at radius 1 is 1.42 bits per heavy atom. The van der Waals surface area contributed by atoms with Gasteiger partial charge in [0.1, 0.15) is 11.7 Å². The summed E-state index contributed by atoms with van der Waals surface area (Å²) in [5, 5.41) is 23.0. The molecule has 1 aliphatic heterocycles. The lowest BCUT2D eigenvalue weighted by Crippen LogP contribution is -2.44. The summed E-state index contributed by atoms with van der Waals surface area (Å²) in [6.07, 6.45) is 0.192. The Balaban J connectivity index is 2.02. The lowest BCUT2D eigenvalue weighted by Gasteiger charge is -2.23. The molecule has 0 unspecified atom stereocenters. The Morgan fingerprint density at radius 2 is 2.15 bits per heavy atom. The van der Waals surface area contributed by atoms with Crippen molar-refractivity contribution in [1.82, 2.24) is 15.2 Å². The minimum Gasteiger partial charge on any atom is -0.477 e. The van der Waals surface area contributed by atoms with Crippen LogP contribution in [0.15, 0.2) is 18.3 Å². The molecule has 2 rings (SSSR count). The second kappa shape index (κ2) is 8.95. The average molecular weight is 365 g/mol. The molecule has 3 N–H and O–H groups in total. The second-order valence-electron chi connectivity index (χ2n) is 6.51. The molecule has 1 fully saturated rings. The van der Waals surface area contributed by atoms with Gasteiger partial charge in [0, 0.05) is 19.3 Å². The zero-order valence-electron chi connectivity index (χ0n) is 15.4. The van der Waals surface area contributed by atoms with Gasteiger partial charge in [0.25, 0.3) is 11.8 Å². The quantitative estimate of drug-likeness (QED) is 0.636. The summed E-state index contributed by atoms with van der Waals surface area (Å²) in [5.74, 6) is -0.800. The average Bonchev–Trinajstić information content (AvgIpc) is 3.00. The fourth-order valence-electron chi connectivity index (χ4n) is 2.82. The van der Waals surface area contributed by atoms with E-state index in [-0.39, 0.29) is 30.5 Å². The maximum atomic E-state index is 12.5. The van der Waals surface area contributed by atoms with Crippen molar-refractivity contribution in [2.24, 2.45) is 5.92 Å². The molecule has 8 heteroatoms. The first kappa shape index (κ1) is 20.1. The first-order valence-electron chi connectivity index (χ1n) is 8.92. The Morgan fingerprint density at radius 3 is 2.81 bits per heavy atom. The van der Waals surface area contributed by atoms with Crippen LogP contribution in [0.1, 0.15) is 37.6 Å². The molecule has 0 aliphatic carbocycles. The number of aliphatic hydroxyl groups excluding tert-OH is 2. The number of ether oxygens (including phenoxy) is 1. The molecule has 1 aromatic heterocycles. The third kappa shape index (κ3) is 4.50. The van der Waals surface area contributed by atoms with E-state index in [1.165, 1.54) is 11.1 Å². The molecule has 1 aromatic rings. The van der Waals surface area contributed by atoms with E-state index in [1.807, 2.05) is 6.92 Å². The Labute approximate surface area is 153 Å². The van der Waals surface area contributed by atoms with Crippen LogP contribution < -0.4 is 10.1 Å². The summed E-state index contributed by atoms with van der Waals surface area (Å²) in [7, 11) is 0. The monoisotopic (exact) mass is 365 g/mol. The van der Waals surface area contributed by atoms with Crippen molar-refractivity contribution in [2.75, 3.05) is 19.7 Å². The summed E-state index contributed by atoms with van der Waals surface area (Å²) in [6.45, 7) is 6.08. The number of amides is 2. The van der Waals surface area contributed by atoms with Gasteiger partial charge in [0.2, 0.25) is 5.88 Å². The maximum Gasteiger partial charge on any atom is 0.257 e. The molecule has 0 aromatic carbocycles. The summed E-state index contributed by atoms with van der Waals surface area (Å²) < 4.78 is 5.35. The second-order valence-corrected chi connectivity index (χ2v) is 6.51. The summed E-state index contributed by atoms with van der Waals surface area (Å²) in [6, 6.07) is 2.59. The zero-order valence-corrected chi connectivity index (χ0v) is 15.4. The number of aromatic nitrogens is 1. The molecule has 8 nitrogen and oxygen atoms in total. The van der Waals surface area contributed by atoms with Crippen LogP contribution in [0.3, 0.4) is 0 Å². The first-order chi connectivity index (χ1) is 12.4. The normalized spacial score (nSPS) is 22.0. The smallest absolute Gasteiger partial charge is 0.257 e. The van der Waals surface area contributed by atoms with Gasteiger partial charge < -0.3 is 25.2 Å². The highest BCUT2D eigenvalue weighted by Crippen LogP contribution is 2.18. The van der Waals surface area contributed by atoms with Gasteiger partial charge in [0.05, 0.1) is 18.8 Å². The summed E-state index contributed by atoms with van der Waals surface area (Å²) in [5.41, 5.74) is 0.269. The van der Waals surface area contributed by atoms with Crippen molar-refractivity contribution in [3.05, 3.63) is 23.9 Å². The van der Waals surface area contributed by atoms with E-state index >= 15 is 0 Å². The molecule has 2 heterocycles. The minimum atomic E-state index is -1.11. The maximum absolute atomic E-state index is 12.5. The number of likely N-dealkylation sites (tertiary alicyclic amines) is 1. The van der Waals surface area contributed by atoms with Crippen molar-refractivity contribution in [3.8, 4) is 5.88 Å². The largest absolute Gasteiger partial charge is 0.477 e. The van der Waals surface area contributed by atoms with Crippen LogP contribution in [0, 0.1) is 5.92 Å². The molecule has 144 valence electrons. The lowest BCUT2D eigenvalue weighted by atomic mass is 10.0. The summed E-state index contributed by atoms with van der Waals surface area (Å²) in [4.78, 5) is 30.3. The molecule has 0 bridgehead atoms. The highest BCUT2D eigenvalue weighted by atomic mass is 16.5. The lowest BCUT2D eigenvalue weighted by molar-refractivity contribution is -0.142. The highest BCUT2D eigenvalue weighted by molar-refractivity contribution is 5.96. The van der Waals surface area contributed by atoms with E-state index in [1.54, 1.807) is 26.0 Å². The van der Waals surface area contributed by atoms with Gasteiger partial charge in [0.15, 0.2) is 0 Å². The SMILES string of the molecule is CCOc1ncccc1C(=O)N[C@@H]1CN(C(=O)[C@@H](O)[C@@H](C)CC)C[C@H]1O. The predicted octanol–water partition coefficient (Wildman–Crippen LogP) is 0.189. The van der Waals surface area contributed by atoms with E-state index in [2.05, 4.69) is 10.3 Å². The zero-order chi connectivity index (χ0) is 19.3. The Hall–Kier alpha value is -2.19. The van der Waals surface area contributed by atoms with Crippen molar-refractivity contribution in [1.29, 1.82) is 0 Å². The predicted molar refractivity (Wildman–Crippen MR) is 94.7 cm³/mol. The molecule has 0 radical (unpaired) electrons. The Kier molecular flexibility index (Phi) is 6.93. The standard InChI is InChI=1S/C18H27N3O5/c1-4-11(3)15(23)18(25)21-9-13(14(22)10-21)20-16(24)12-7-6-8-19-17(12)26-5-2/h6-8,11,13-15,22-23H,4-5,9-10H2,1-3H3,(H,20,24)/t11-,13+,14+,15-/m0/s1. The number of aliphatic hydroxyl groups is 2. The van der Waals surface area contributed by atoms with Gasteiger partial charge in [-0.3, -0.25) is 9.59 Å². The van der Waals surface area contributed by atoms with Gasteiger partial charge in [-0.15, -0.1) is 0 Å². The van der Waals surface area contributed by atoms with E-state index < -0.39 is 30.1 Å². The molecule has 0 spiro atoms. The number of hydrogen-bond donors (Lipinski definition) is 3. The molecule has 1 saturated heterocycles. The molecule has 26 heavy (non-hydrogen) atoms. The fraction of sp³-hybridized carbons (Fsp3) is 0.611. The number of nitrogens with one attached hydrogen (secondary N) is 1. The van der Waals surface area contributed by atoms with E-state index in [0.29, 0.717) is 13.0 Å². The number of pyridine rings is 1. The highest BCUT2D eigenvalue weighted by Gasteiger charge is 2.38. The minimum absolute atomic E-state index is 0.0721. The van der Waals surface area contributed by atoms with Crippen LogP contribution in [0.25, 0.3) is 0 Å². The molecular weight excluding hydrogens is 338 g/mol. The van der Waals surface area contributed by atoms with Crippen LogP contribution in [-0.4, -0.2) is 69.9 Å². The van der Waals surface area contributed by atoms with Gasteiger partial charge in [-0.1, -0.05) is 20.3 Å². The number of rotatable bonds is 7. The van der Waals surface area contributed by atoms with E-state index in [9.17, 15) is 19.8 Å². The van der Waals surface area contributed by atoms with Crippen LogP contribution in [-0.2, 0) is 4.79 Å². The van der Waals surface area contributed by atoms with Gasteiger partial charge in [-0.2, -0.15) is 0 Å². The molecule has 2 amide bonds. The van der Waals surface area contributed by atoms with Crippen molar-refractivity contribution in [2.45, 2.75) is 45.4 Å². The van der Waals surface area contributed by atoms with Crippen molar-refractivity contribution >= 4 is 11.8 Å². The van der Waals surface area contributed by atoms with Crippen LogP contribution in [0.2, 0.25) is 0 Å². The van der Waals surface area contributed by atoms with Gasteiger partial charge in [-0.05, 0) is 25.0 Å². The van der Waals surface area contributed by atoms with Crippen molar-refractivity contribution in [3.63, 3.8) is 0 Å². The van der Waals surface area contributed by atoms with E-state index in [4.69, 9.17) is 4.74 Å². The van der Waals surface area contributed by atoms with Crippen LogP contribution in [0.5, 0.6) is 5.88 Å². The molecule has 1 aliphatic rings. The third-order valence-corrected chi connectivity index (χ3v) is 4.65. The number of β-amino-alcohol motifs (C(OH)–C–C–N with tert-alkyl or cyclic N) is 1. The van der Waals surface area contributed by atoms with Gasteiger partial charge in [-0.25, -0.2) is 4.98 Å². The Bertz CT molecular complexity index is 639. The number of carbonyl (C=O) groups is 2. The molecule has 0 saturated carbocycles. The summed E-state index contributed by atoms with van der Waals surface area (Å²) >= 11 is 0. The number of carbonyl (C=O) groups excluding carboxylic acids is 2. The molecule has 4 atom stereocenters. The van der Waals surface area contributed by atoms with Crippen LogP contribution >= 0.6 is 0 Å².